The van der Waals surface area contributed by atoms with Crippen LogP contribution in [0.2, 0.25) is 0 Å². The number of carbonyl (C=O) groups excluding carboxylic acids is 1. The summed E-state index contributed by atoms with van der Waals surface area (Å²) in [6.07, 6.45) is 5.22. The van der Waals surface area contributed by atoms with E-state index in [0.29, 0.717) is 6.42 Å². The number of aromatic nitrogens is 5. The highest BCUT2D eigenvalue weighted by atomic mass is 16.2. The second-order valence-electron chi connectivity index (χ2n) is 6.76. The van der Waals surface area contributed by atoms with Gasteiger partial charge in [-0.2, -0.15) is 10.2 Å². The lowest BCUT2D eigenvalue weighted by molar-refractivity contribution is -0.134. The second kappa shape index (κ2) is 7.37. The molecule has 7 nitrogen and oxygen atoms in total. The van der Waals surface area contributed by atoms with Gasteiger partial charge in [-0.15, -0.1) is 0 Å². The number of nitrogens with zero attached hydrogens (tertiary/aromatic N) is 5. The van der Waals surface area contributed by atoms with E-state index in [1.165, 1.54) is 0 Å². The Hall–Kier alpha value is -2.18. The van der Waals surface area contributed by atoms with Crippen LogP contribution in [0.1, 0.15) is 67.8 Å². The lowest BCUT2D eigenvalue weighted by atomic mass is 9.99. The number of piperidine rings is 1. The molecule has 1 saturated heterocycles. The fourth-order valence-corrected chi connectivity index (χ4v) is 3.85. The number of aryl methyl sites for hydroxylation is 3. The van der Waals surface area contributed by atoms with Crippen molar-refractivity contribution in [2.24, 2.45) is 7.05 Å². The third-order valence-corrected chi connectivity index (χ3v) is 5.09. The van der Waals surface area contributed by atoms with Gasteiger partial charge in [0.1, 0.15) is 5.82 Å². The van der Waals surface area contributed by atoms with Crippen LogP contribution in [0.5, 0.6) is 0 Å². The van der Waals surface area contributed by atoms with Gasteiger partial charge in [-0.25, -0.2) is 4.98 Å². The molecule has 0 bridgehead atoms. The van der Waals surface area contributed by atoms with E-state index >= 15 is 0 Å². The minimum atomic E-state index is -0.0157. The first-order valence-electron chi connectivity index (χ1n) is 9.27. The normalized spacial score (nSPS) is 17.9. The van der Waals surface area contributed by atoms with Crippen molar-refractivity contribution in [2.45, 2.75) is 65.3 Å². The fraction of sp³-hybridized carbons (Fsp3) is 0.667. The van der Waals surface area contributed by atoms with Gasteiger partial charge in [-0.1, -0.05) is 13.8 Å². The summed E-state index contributed by atoms with van der Waals surface area (Å²) in [5.74, 6) is 1.69. The Morgan fingerprint density at radius 1 is 1.28 bits per heavy atom. The molecule has 0 aliphatic carbocycles. The van der Waals surface area contributed by atoms with E-state index in [1.807, 2.05) is 23.6 Å². The number of H-pyrrole nitrogens is 1. The van der Waals surface area contributed by atoms with E-state index < -0.39 is 0 Å². The Kier molecular flexibility index (Phi) is 5.20. The molecule has 1 amide bonds. The van der Waals surface area contributed by atoms with Gasteiger partial charge in [0.05, 0.1) is 18.2 Å². The molecule has 3 heterocycles. The summed E-state index contributed by atoms with van der Waals surface area (Å²) in [4.78, 5) is 19.6. The molecule has 2 aromatic rings. The van der Waals surface area contributed by atoms with E-state index in [4.69, 9.17) is 0 Å². The quantitative estimate of drug-likeness (QED) is 0.902. The monoisotopic (exact) mass is 344 g/mol. The molecule has 2 aromatic heterocycles. The largest absolute Gasteiger partial charge is 0.332 e. The number of hydrogen-bond acceptors (Lipinski definition) is 4. The number of aromatic amines is 1. The van der Waals surface area contributed by atoms with Crippen molar-refractivity contribution in [3.8, 4) is 0 Å². The average Bonchev–Trinajstić information content (AvgIpc) is 3.17. The number of carbonyl (C=O) groups is 1. The maximum absolute atomic E-state index is 13.1. The molecule has 0 aromatic carbocycles. The van der Waals surface area contributed by atoms with Crippen molar-refractivity contribution in [1.82, 2.24) is 29.9 Å². The zero-order chi connectivity index (χ0) is 18.0. The van der Waals surface area contributed by atoms with Crippen LogP contribution in [0, 0.1) is 6.92 Å². The molecule has 25 heavy (non-hydrogen) atoms. The highest BCUT2D eigenvalue weighted by Crippen LogP contribution is 2.30. The van der Waals surface area contributed by atoms with E-state index in [-0.39, 0.29) is 11.9 Å². The molecule has 1 N–H and O–H groups in total. The summed E-state index contributed by atoms with van der Waals surface area (Å²) in [7, 11) is 1.96. The average molecular weight is 344 g/mol. The molecular formula is C18H28N6O. The molecule has 1 aliphatic rings. The smallest absolute Gasteiger partial charge is 0.227 e. The molecule has 0 radical (unpaired) electrons. The van der Waals surface area contributed by atoms with Crippen LogP contribution in [0.4, 0.5) is 0 Å². The van der Waals surface area contributed by atoms with Crippen molar-refractivity contribution in [3.63, 3.8) is 0 Å². The number of hydrogen-bond donors (Lipinski definition) is 1. The van der Waals surface area contributed by atoms with Gasteiger partial charge in [0.15, 0.2) is 5.82 Å². The van der Waals surface area contributed by atoms with Crippen molar-refractivity contribution in [1.29, 1.82) is 0 Å². The van der Waals surface area contributed by atoms with E-state index in [0.717, 1.165) is 67.2 Å². The molecule has 1 aliphatic heterocycles. The van der Waals surface area contributed by atoms with Gasteiger partial charge in [0, 0.05) is 24.8 Å². The third-order valence-electron chi connectivity index (χ3n) is 5.09. The lowest BCUT2D eigenvalue weighted by Gasteiger charge is -2.34. The zero-order valence-electron chi connectivity index (χ0n) is 15.7. The van der Waals surface area contributed by atoms with Crippen LogP contribution in [0.25, 0.3) is 0 Å². The molecule has 7 heteroatoms. The number of nitrogens with one attached hydrogen (secondary N) is 1. The maximum Gasteiger partial charge on any atom is 0.227 e. The van der Waals surface area contributed by atoms with Crippen LogP contribution >= 0.6 is 0 Å². The summed E-state index contributed by atoms with van der Waals surface area (Å²) in [5.41, 5.74) is 3.30. The predicted octanol–water partition coefficient (Wildman–Crippen LogP) is 2.27. The highest BCUT2D eigenvalue weighted by Gasteiger charge is 2.31. The highest BCUT2D eigenvalue weighted by molar-refractivity contribution is 5.80. The summed E-state index contributed by atoms with van der Waals surface area (Å²) in [6, 6.07) is -0.0157. The Balaban J connectivity index is 1.84. The van der Waals surface area contributed by atoms with Crippen molar-refractivity contribution < 1.29 is 4.79 Å². The van der Waals surface area contributed by atoms with E-state index in [2.05, 4.69) is 34.1 Å². The Labute approximate surface area is 148 Å². The summed E-state index contributed by atoms with van der Waals surface area (Å²) in [5, 5.41) is 11.8. The number of rotatable bonds is 5. The van der Waals surface area contributed by atoms with Crippen molar-refractivity contribution in [2.75, 3.05) is 6.54 Å². The second-order valence-corrected chi connectivity index (χ2v) is 6.76. The standard InChI is InChI=1S/C18H28N6O/c1-5-14-13(15(6-2)23(4)22-14)11-17(25)24-10-8-7-9-16(24)18-19-12(3)20-21-18/h16H,5-11H2,1-4H3,(H,19,20,21)/t16-/m1/s1. The Morgan fingerprint density at radius 2 is 2.08 bits per heavy atom. The lowest BCUT2D eigenvalue weighted by Crippen LogP contribution is -2.40. The first-order chi connectivity index (χ1) is 12.0. The predicted molar refractivity (Wildman–Crippen MR) is 95.1 cm³/mol. The van der Waals surface area contributed by atoms with Crippen LogP contribution in [0.3, 0.4) is 0 Å². The molecular weight excluding hydrogens is 316 g/mol. The first-order valence-corrected chi connectivity index (χ1v) is 9.27. The SMILES string of the molecule is CCc1nn(C)c(CC)c1CC(=O)N1CCCC[C@@H]1c1n[nH]c(C)n1. The number of amides is 1. The Morgan fingerprint density at radius 3 is 2.72 bits per heavy atom. The maximum atomic E-state index is 13.1. The van der Waals surface area contributed by atoms with Gasteiger partial charge >= 0.3 is 0 Å². The third kappa shape index (κ3) is 3.45. The molecule has 0 spiro atoms. The molecule has 0 saturated carbocycles. The number of likely N-dealkylation sites (tertiary alicyclic amines) is 1. The summed E-state index contributed by atoms with van der Waals surface area (Å²) < 4.78 is 1.92. The van der Waals surface area contributed by atoms with Gasteiger partial charge in [-0.3, -0.25) is 14.6 Å². The molecule has 1 fully saturated rings. The fourth-order valence-electron chi connectivity index (χ4n) is 3.85. The van der Waals surface area contributed by atoms with E-state index in [1.54, 1.807) is 0 Å². The minimum Gasteiger partial charge on any atom is -0.332 e. The van der Waals surface area contributed by atoms with Crippen LogP contribution in [0.15, 0.2) is 0 Å². The summed E-state index contributed by atoms with van der Waals surface area (Å²) >= 11 is 0. The van der Waals surface area contributed by atoms with Gasteiger partial charge in [0.25, 0.3) is 0 Å². The molecule has 0 unspecified atom stereocenters. The molecule has 136 valence electrons. The first kappa shape index (κ1) is 17.6. The van der Waals surface area contributed by atoms with Gasteiger partial charge in [0.2, 0.25) is 5.91 Å². The zero-order valence-corrected chi connectivity index (χ0v) is 15.7. The topological polar surface area (TPSA) is 79.7 Å². The molecule has 1 atom stereocenters. The van der Waals surface area contributed by atoms with Crippen LogP contribution < -0.4 is 0 Å². The van der Waals surface area contributed by atoms with E-state index in [9.17, 15) is 4.79 Å². The molecule has 3 rings (SSSR count). The van der Waals surface area contributed by atoms with Crippen molar-refractivity contribution in [3.05, 3.63) is 28.6 Å². The van der Waals surface area contributed by atoms with Gasteiger partial charge < -0.3 is 4.90 Å². The van der Waals surface area contributed by atoms with Gasteiger partial charge in [-0.05, 0) is 39.0 Å². The van der Waals surface area contributed by atoms with Crippen LogP contribution in [-0.2, 0) is 31.1 Å². The van der Waals surface area contributed by atoms with Crippen LogP contribution in [-0.4, -0.2) is 42.3 Å². The van der Waals surface area contributed by atoms with Crippen molar-refractivity contribution >= 4 is 5.91 Å². The minimum absolute atomic E-state index is 0.0157. The summed E-state index contributed by atoms with van der Waals surface area (Å²) in [6.45, 7) is 6.88. The Bertz CT molecular complexity index is 747.